The fraction of sp³-hybridized carbons (Fsp3) is 0.500. The number of primary amides is 1. The molecule has 0 aromatic carbocycles. The van der Waals surface area contributed by atoms with E-state index in [2.05, 4.69) is 20.9 Å². The molecule has 0 unspecified atom stereocenters. The summed E-state index contributed by atoms with van der Waals surface area (Å²) in [6, 6.07) is 4.02. The third-order valence-corrected chi connectivity index (χ3v) is 6.48. The van der Waals surface area contributed by atoms with E-state index in [1.54, 1.807) is 17.5 Å². The maximum atomic E-state index is 11.6. The minimum Gasteiger partial charge on any atom is -0.396 e. The molecule has 2 saturated heterocycles. The highest BCUT2D eigenvalue weighted by Crippen LogP contribution is 2.42. The lowest BCUT2D eigenvalue weighted by molar-refractivity contribution is -0.0561. The van der Waals surface area contributed by atoms with Gasteiger partial charge in [0.2, 0.25) is 0 Å². The maximum absolute atomic E-state index is 11.6. The molecule has 0 bridgehead atoms. The average Bonchev–Trinajstić information content (AvgIpc) is 3.26. The lowest BCUT2D eigenvalue weighted by Gasteiger charge is -2.36. The highest BCUT2D eigenvalue weighted by molar-refractivity contribution is 7.15. The third kappa shape index (κ3) is 3.14. The van der Waals surface area contributed by atoms with Crippen molar-refractivity contribution in [3.05, 3.63) is 35.1 Å². The van der Waals surface area contributed by atoms with Crippen molar-refractivity contribution in [1.29, 1.82) is 0 Å². The van der Waals surface area contributed by atoms with E-state index < -0.39 is 5.91 Å². The molecule has 3 N–H and O–H groups in total. The number of hydrogen-bond donors (Lipinski definition) is 2. The van der Waals surface area contributed by atoms with Gasteiger partial charge in [-0.2, -0.15) is 0 Å². The zero-order valence-electron chi connectivity index (χ0n) is 14.4. The molecule has 4 rings (SSSR count). The number of rotatable bonds is 5. The van der Waals surface area contributed by atoms with Crippen LogP contribution in [0.4, 0.5) is 0 Å². The molecule has 8 heteroatoms. The van der Waals surface area contributed by atoms with Crippen molar-refractivity contribution in [3.8, 4) is 10.6 Å². The lowest BCUT2D eigenvalue weighted by atomic mass is 9.76. The molecule has 2 aromatic heterocycles. The van der Waals surface area contributed by atoms with E-state index in [0.717, 1.165) is 37.5 Å². The van der Waals surface area contributed by atoms with Gasteiger partial charge in [0.1, 0.15) is 5.69 Å². The maximum Gasteiger partial charge on any atom is 0.269 e. The molecule has 2 aromatic rings. The van der Waals surface area contributed by atoms with Crippen molar-refractivity contribution in [2.24, 2.45) is 17.1 Å². The summed E-state index contributed by atoms with van der Waals surface area (Å²) < 4.78 is 5.63. The molecule has 4 heterocycles. The van der Waals surface area contributed by atoms with E-state index in [9.17, 15) is 9.90 Å². The summed E-state index contributed by atoms with van der Waals surface area (Å²) >= 11 is 1.60. The van der Waals surface area contributed by atoms with Crippen molar-refractivity contribution < 1.29 is 14.6 Å². The number of aliphatic hydroxyl groups excluding tert-OH is 1. The molecule has 1 amide bonds. The van der Waals surface area contributed by atoms with Crippen LogP contribution in [-0.2, 0) is 11.3 Å². The van der Waals surface area contributed by atoms with Crippen LogP contribution in [0.5, 0.6) is 0 Å². The minimum absolute atomic E-state index is 0.123. The smallest absolute Gasteiger partial charge is 0.269 e. The summed E-state index contributed by atoms with van der Waals surface area (Å²) in [6.45, 7) is 4.24. The second-order valence-electron chi connectivity index (χ2n) is 7.11. The predicted molar refractivity (Wildman–Crippen MR) is 97.6 cm³/mol. The number of fused-ring (bicyclic) bond motifs is 1. The van der Waals surface area contributed by atoms with Gasteiger partial charge < -0.3 is 15.6 Å². The minimum atomic E-state index is -0.573. The third-order valence-electron chi connectivity index (χ3n) is 5.40. The number of hydrogen-bond acceptors (Lipinski definition) is 7. The Hall–Kier alpha value is -1.87. The van der Waals surface area contributed by atoms with Gasteiger partial charge in [-0.25, -0.2) is 4.98 Å². The van der Waals surface area contributed by atoms with Gasteiger partial charge in [0.15, 0.2) is 5.69 Å². The second kappa shape index (κ2) is 7.03. The van der Waals surface area contributed by atoms with E-state index in [1.165, 1.54) is 11.1 Å². The Balaban J connectivity index is 1.51. The molecule has 7 nitrogen and oxygen atoms in total. The van der Waals surface area contributed by atoms with Crippen LogP contribution < -0.4 is 5.73 Å². The standard InChI is InChI=1S/C18H22N4O3S/c19-17(24)16-15(20-4-5-21-16)14-2-1-13(26-14)8-22-7-12-3-6-25-11-18(12,9-22)10-23/h1-2,4-5,12,23H,3,6-11H2,(H2,19,24)/t12-,18+/m0/s1. The van der Waals surface area contributed by atoms with Gasteiger partial charge in [-0.15, -0.1) is 11.3 Å². The van der Waals surface area contributed by atoms with Gasteiger partial charge in [-0.3, -0.25) is 14.7 Å². The Kier molecular flexibility index (Phi) is 4.74. The van der Waals surface area contributed by atoms with Crippen LogP contribution in [0.3, 0.4) is 0 Å². The molecule has 0 spiro atoms. The number of carbonyl (C=O) groups is 1. The van der Waals surface area contributed by atoms with E-state index in [-0.39, 0.29) is 17.7 Å². The highest BCUT2D eigenvalue weighted by atomic mass is 32.1. The van der Waals surface area contributed by atoms with Gasteiger partial charge in [0.25, 0.3) is 5.91 Å². The SMILES string of the molecule is NC(=O)c1nccnc1-c1ccc(CN2C[C@@H]3CCOC[C@]3(CO)C2)s1. The molecule has 2 atom stereocenters. The topological polar surface area (TPSA) is 102 Å². The van der Waals surface area contributed by atoms with Crippen LogP contribution in [0.1, 0.15) is 21.8 Å². The molecule has 0 radical (unpaired) electrons. The number of likely N-dealkylation sites (tertiary alicyclic amines) is 1. The van der Waals surface area contributed by atoms with E-state index in [4.69, 9.17) is 10.5 Å². The van der Waals surface area contributed by atoms with E-state index in [0.29, 0.717) is 18.2 Å². The molecule has 0 saturated carbocycles. The van der Waals surface area contributed by atoms with Crippen LogP contribution in [0.25, 0.3) is 10.6 Å². The van der Waals surface area contributed by atoms with Crippen LogP contribution >= 0.6 is 11.3 Å². The van der Waals surface area contributed by atoms with Crippen molar-refractivity contribution >= 4 is 17.2 Å². The molecule has 26 heavy (non-hydrogen) atoms. The number of aliphatic hydroxyl groups is 1. The van der Waals surface area contributed by atoms with Gasteiger partial charge in [-0.1, -0.05) is 0 Å². The largest absolute Gasteiger partial charge is 0.396 e. The second-order valence-corrected chi connectivity index (χ2v) is 8.28. The van der Waals surface area contributed by atoms with Gasteiger partial charge in [-0.05, 0) is 24.5 Å². The molecule has 0 aliphatic carbocycles. The number of amides is 1. The predicted octanol–water partition coefficient (Wildman–Crippen LogP) is 1.13. The van der Waals surface area contributed by atoms with Gasteiger partial charge in [0, 0.05) is 48.9 Å². The Morgan fingerprint density at radius 3 is 3.04 bits per heavy atom. The normalized spacial score (nSPS) is 26.0. The fourth-order valence-corrected chi connectivity index (χ4v) is 5.11. The summed E-state index contributed by atoms with van der Waals surface area (Å²) in [5.74, 6) is -0.0845. The van der Waals surface area contributed by atoms with Crippen LogP contribution in [0, 0.1) is 11.3 Å². The van der Waals surface area contributed by atoms with Crippen molar-refractivity contribution in [2.75, 3.05) is 32.9 Å². The lowest BCUT2D eigenvalue weighted by Crippen LogP contribution is -2.42. The summed E-state index contributed by atoms with van der Waals surface area (Å²) in [7, 11) is 0. The molecular formula is C18H22N4O3S. The monoisotopic (exact) mass is 374 g/mol. The highest BCUT2D eigenvalue weighted by Gasteiger charge is 2.47. The first-order valence-corrected chi connectivity index (χ1v) is 9.54. The molecule has 2 fully saturated rings. The first kappa shape index (κ1) is 17.5. The molecule has 2 aliphatic rings. The summed E-state index contributed by atoms with van der Waals surface area (Å²) in [4.78, 5) is 24.4. The zero-order chi connectivity index (χ0) is 18.1. The van der Waals surface area contributed by atoms with E-state index >= 15 is 0 Å². The average molecular weight is 374 g/mol. The number of aromatic nitrogens is 2. The van der Waals surface area contributed by atoms with Gasteiger partial charge >= 0.3 is 0 Å². The summed E-state index contributed by atoms with van der Waals surface area (Å²) in [5, 5.41) is 9.91. The first-order valence-electron chi connectivity index (χ1n) is 8.72. The van der Waals surface area contributed by atoms with Crippen LogP contribution in [0.15, 0.2) is 24.5 Å². The van der Waals surface area contributed by atoms with Gasteiger partial charge in [0.05, 0.1) is 18.1 Å². The van der Waals surface area contributed by atoms with Crippen molar-refractivity contribution in [3.63, 3.8) is 0 Å². The van der Waals surface area contributed by atoms with Crippen molar-refractivity contribution in [2.45, 2.75) is 13.0 Å². The summed E-state index contributed by atoms with van der Waals surface area (Å²) in [5.41, 5.74) is 6.02. The Bertz CT molecular complexity index is 811. The van der Waals surface area contributed by atoms with Crippen LogP contribution in [0.2, 0.25) is 0 Å². The number of thiophene rings is 1. The Morgan fingerprint density at radius 2 is 2.27 bits per heavy atom. The molecule has 2 aliphatic heterocycles. The molecular weight excluding hydrogens is 352 g/mol. The van der Waals surface area contributed by atoms with Crippen molar-refractivity contribution in [1.82, 2.24) is 14.9 Å². The number of ether oxygens (including phenoxy) is 1. The fourth-order valence-electron chi connectivity index (χ4n) is 4.06. The van der Waals surface area contributed by atoms with Crippen LogP contribution in [-0.4, -0.2) is 58.8 Å². The number of nitrogens with zero attached hydrogens (tertiary/aromatic N) is 3. The summed E-state index contributed by atoms with van der Waals surface area (Å²) in [6.07, 6.45) is 4.05. The van der Waals surface area contributed by atoms with E-state index in [1.807, 2.05) is 6.07 Å². The quantitative estimate of drug-likeness (QED) is 0.814. The number of carbonyl (C=O) groups excluding carboxylic acids is 1. The first-order chi connectivity index (χ1) is 12.6. The zero-order valence-corrected chi connectivity index (χ0v) is 15.2. The Labute approximate surface area is 155 Å². The number of nitrogens with two attached hydrogens (primary N) is 1. The Morgan fingerprint density at radius 1 is 1.42 bits per heavy atom. The molecule has 138 valence electrons.